The summed E-state index contributed by atoms with van der Waals surface area (Å²) in [7, 11) is -3.67. The van der Waals surface area contributed by atoms with Crippen LogP contribution in [0.25, 0.3) is 0 Å². The van der Waals surface area contributed by atoms with E-state index in [9.17, 15) is 13.2 Å². The second-order valence-electron chi connectivity index (χ2n) is 4.68. The van der Waals surface area contributed by atoms with E-state index in [4.69, 9.17) is 5.73 Å². The molecule has 0 aliphatic heterocycles. The highest BCUT2D eigenvalue weighted by Gasteiger charge is 2.28. The first-order valence-electron chi connectivity index (χ1n) is 5.69. The van der Waals surface area contributed by atoms with Gasteiger partial charge in [-0.3, -0.25) is 4.79 Å². The van der Waals surface area contributed by atoms with E-state index in [0.717, 1.165) is 25.0 Å². The number of hydrogen-bond acceptors (Lipinski definition) is 4. The molecule has 0 spiro atoms. The van der Waals surface area contributed by atoms with E-state index >= 15 is 0 Å². The van der Waals surface area contributed by atoms with Crippen LogP contribution >= 0.6 is 27.3 Å². The van der Waals surface area contributed by atoms with Crippen molar-refractivity contribution < 1.29 is 13.2 Å². The first-order valence-corrected chi connectivity index (χ1v) is 8.74. The van der Waals surface area contributed by atoms with Gasteiger partial charge in [-0.1, -0.05) is 13.8 Å². The number of halogens is 1. The second-order valence-corrected chi connectivity index (χ2v) is 9.21. The highest BCUT2D eigenvalue weighted by Crippen LogP contribution is 2.32. The molecule has 0 aliphatic carbocycles. The quantitative estimate of drug-likeness (QED) is 0.832. The maximum Gasteiger partial charge on any atom is 0.253 e. The van der Waals surface area contributed by atoms with Crippen molar-refractivity contribution in [3.63, 3.8) is 0 Å². The van der Waals surface area contributed by atoms with Crippen LogP contribution in [0.4, 0.5) is 0 Å². The number of aryl methyl sites for hydroxylation is 1. The molecule has 108 valence electrons. The van der Waals surface area contributed by atoms with Crippen LogP contribution in [0, 0.1) is 12.8 Å². The zero-order chi connectivity index (χ0) is 14.8. The number of carbonyl (C=O) groups is 1. The van der Waals surface area contributed by atoms with Gasteiger partial charge in [-0.15, -0.1) is 11.3 Å². The van der Waals surface area contributed by atoms with Crippen molar-refractivity contribution in [2.24, 2.45) is 11.7 Å². The molecule has 0 aliphatic rings. The fourth-order valence-electron chi connectivity index (χ4n) is 1.51. The van der Waals surface area contributed by atoms with E-state index in [1.165, 1.54) is 0 Å². The SMILES string of the molecule is Cc1cc(S(=O)(=O)N(CC(N)=O)CC(C)C)sc1Br. The number of thiophene rings is 1. The van der Waals surface area contributed by atoms with Gasteiger partial charge in [-0.2, -0.15) is 4.31 Å². The number of hydrogen-bond donors (Lipinski definition) is 1. The van der Waals surface area contributed by atoms with Crippen molar-refractivity contribution in [1.82, 2.24) is 4.31 Å². The van der Waals surface area contributed by atoms with Crippen LogP contribution in [0.2, 0.25) is 0 Å². The van der Waals surface area contributed by atoms with Gasteiger partial charge < -0.3 is 5.73 Å². The molecule has 0 atom stereocenters. The Hall–Kier alpha value is -0.440. The van der Waals surface area contributed by atoms with Gasteiger partial charge in [0.15, 0.2) is 0 Å². The fraction of sp³-hybridized carbons (Fsp3) is 0.545. The molecule has 1 aromatic heterocycles. The summed E-state index contributed by atoms with van der Waals surface area (Å²) in [6.07, 6.45) is 0. The summed E-state index contributed by atoms with van der Waals surface area (Å²) in [5.74, 6) is -0.546. The first-order chi connectivity index (χ1) is 8.64. The molecule has 1 aromatic rings. The molecule has 0 bridgehead atoms. The molecule has 0 unspecified atom stereocenters. The molecule has 0 radical (unpaired) electrons. The van der Waals surface area contributed by atoms with Crippen LogP contribution in [0.1, 0.15) is 19.4 Å². The van der Waals surface area contributed by atoms with Gasteiger partial charge in [-0.25, -0.2) is 8.42 Å². The van der Waals surface area contributed by atoms with Crippen molar-refractivity contribution in [3.05, 3.63) is 15.4 Å². The van der Waals surface area contributed by atoms with Crippen molar-refractivity contribution >= 4 is 43.2 Å². The molecule has 0 saturated heterocycles. The number of carbonyl (C=O) groups excluding carboxylic acids is 1. The number of amides is 1. The van der Waals surface area contributed by atoms with E-state index in [2.05, 4.69) is 15.9 Å². The first kappa shape index (κ1) is 16.6. The van der Waals surface area contributed by atoms with Gasteiger partial charge in [0.2, 0.25) is 5.91 Å². The molecular weight excluding hydrogens is 352 g/mol. The Balaban J connectivity index is 3.14. The van der Waals surface area contributed by atoms with Gasteiger partial charge in [0.05, 0.1) is 10.3 Å². The molecule has 19 heavy (non-hydrogen) atoms. The lowest BCUT2D eigenvalue weighted by Crippen LogP contribution is -2.40. The minimum atomic E-state index is -3.67. The summed E-state index contributed by atoms with van der Waals surface area (Å²) in [4.78, 5) is 11.1. The van der Waals surface area contributed by atoms with Crippen molar-refractivity contribution in [2.75, 3.05) is 13.1 Å². The molecule has 1 heterocycles. The Morgan fingerprint density at radius 3 is 2.47 bits per heavy atom. The Morgan fingerprint density at radius 1 is 1.53 bits per heavy atom. The third-order valence-electron chi connectivity index (χ3n) is 2.33. The summed E-state index contributed by atoms with van der Waals surface area (Å²) >= 11 is 4.44. The van der Waals surface area contributed by atoms with Gasteiger partial charge in [0.25, 0.3) is 10.0 Å². The van der Waals surface area contributed by atoms with Crippen LogP contribution in [0.15, 0.2) is 14.1 Å². The van der Waals surface area contributed by atoms with Gasteiger partial charge >= 0.3 is 0 Å². The Kier molecular flexibility index (Phi) is 5.54. The van der Waals surface area contributed by atoms with Gasteiger partial charge in [0.1, 0.15) is 4.21 Å². The number of nitrogens with two attached hydrogens (primary N) is 1. The lowest BCUT2D eigenvalue weighted by atomic mass is 10.2. The van der Waals surface area contributed by atoms with E-state index < -0.39 is 15.9 Å². The van der Waals surface area contributed by atoms with Crippen LogP contribution in [0.3, 0.4) is 0 Å². The largest absolute Gasteiger partial charge is 0.369 e. The summed E-state index contributed by atoms with van der Waals surface area (Å²) in [6.45, 7) is 5.56. The molecule has 5 nitrogen and oxygen atoms in total. The predicted octanol–water partition coefficient (Wildman–Crippen LogP) is 1.95. The molecule has 0 aromatic carbocycles. The standard InChI is InChI=1S/C11H17BrN2O3S2/c1-7(2)5-14(6-9(13)15)19(16,17)10-4-8(3)11(12)18-10/h4,7H,5-6H2,1-3H3,(H2,13,15). The lowest BCUT2D eigenvalue weighted by Gasteiger charge is -2.21. The van der Waals surface area contributed by atoms with Crippen LogP contribution in [-0.2, 0) is 14.8 Å². The van der Waals surface area contributed by atoms with E-state index in [0.29, 0.717) is 0 Å². The molecule has 2 N–H and O–H groups in total. The second kappa shape index (κ2) is 6.34. The highest BCUT2D eigenvalue weighted by atomic mass is 79.9. The Labute approximate surface area is 126 Å². The summed E-state index contributed by atoms with van der Waals surface area (Å²) in [6, 6.07) is 1.60. The molecule has 1 rings (SSSR count). The minimum absolute atomic E-state index is 0.110. The Morgan fingerprint density at radius 2 is 2.11 bits per heavy atom. The van der Waals surface area contributed by atoms with Crippen LogP contribution in [-0.4, -0.2) is 31.7 Å². The molecular formula is C11H17BrN2O3S2. The molecule has 8 heteroatoms. The van der Waals surface area contributed by atoms with E-state index in [1.54, 1.807) is 6.07 Å². The fourth-order valence-corrected chi connectivity index (χ4v) is 5.47. The van der Waals surface area contributed by atoms with E-state index in [1.807, 2.05) is 20.8 Å². The van der Waals surface area contributed by atoms with Crippen molar-refractivity contribution in [2.45, 2.75) is 25.0 Å². The monoisotopic (exact) mass is 368 g/mol. The highest BCUT2D eigenvalue weighted by molar-refractivity contribution is 9.11. The number of sulfonamides is 1. The summed E-state index contributed by atoms with van der Waals surface area (Å²) in [5.41, 5.74) is 5.98. The predicted molar refractivity (Wildman–Crippen MR) is 79.5 cm³/mol. The molecule has 1 amide bonds. The zero-order valence-electron chi connectivity index (χ0n) is 11.0. The minimum Gasteiger partial charge on any atom is -0.369 e. The smallest absolute Gasteiger partial charge is 0.253 e. The van der Waals surface area contributed by atoms with Crippen LogP contribution < -0.4 is 5.73 Å². The topological polar surface area (TPSA) is 80.5 Å². The van der Waals surface area contributed by atoms with Crippen LogP contribution in [0.5, 0.6) is 0 Å². The van der Waals surface area contributed by atoms with E-state index in [-0.39, 0.29) is 23.2 Å². The third-order valence-corrected chi connectivity index (χ3v) is 6.73. The maximum absolute atomic E-state index is 12.5. The Bertz CT molecular complexity index is 547. The lowest BCUT2D eigenvalue weighted by molar-refractivity contribution is -0.118. The molecule has 0 fully saturated rings. The summed E-state index contributed by atoms with van der Waals surface area (Å²) < 4.78 is 27.1. The molecule has 0 saturated carbocycles. The number of primary amides is 1. The normalized spacial score (nSPS) is 12.3. The van der Waals surface area contributed by atoms with Crippen molar-refractivity contribution in [1.29, 1.82) is 0 Å². The van der Waals surface area contributed by atoms with Crippen molar-refractivity contribution in [3.8, 4) is 0 Å². The average molecular weight is 369 g/mol. The average Bonchev–Trinajstić information content (AvgIpc) is 2.57. The van der Waals surface area contributed by atoms with Gasteiger partial charge in [0, 0.05) is 6.54 Å². The number of nitrogens with zero attached hydrogens (tertiary/aromatic N) is 1. The zero-order valence-corrected chi connectivity index (χ0v) is 14.2. The van der Waals surface area contributed by atoms with Gasteiger partial charge in [-0.05, 0) is 40.4 Å². The number of rotatable bonds is 6. The summed E-state index contributed by atoms with van der Waals surface area (Å²) in [5, 5.41) is 0. The maximum atomic E-state index is 12.5. The third kappa shape index (κ3) is 4.27.